The minimum Gasteiger partial charge on any atom is -0.481 e. The first-order valence-electron chi connectivity index (χ1n) is 4.39. The van der Waals surface area contributed by atoms with Crippen molar-refractivity contribution in [1.82, 2.24) is 5.32 Å². The number of nitrogens with two attached hydrogens (primary N) is 1. The molecule has 4 nitrogen and oxygen atoms in total. The van der Waals surface area contributed by atoms with Gasteiger partial charge >= 0.3 is 5.97 Å². The Hall–Kier alpha value is -0.610. The second-order valence-electron chi connectivity index (χ2n) is 3.27. The second-order valence-corrected chi connectivity index (χ2v) is 3.27. The minimum atomic E-state index is -0.700. The van der Waals surface area contributed by atoms with Crippen molar-refractivity contribution in [1.29, 1.82) is 0 Å². The molecule has 12 heavy (non-hydrogen) atoms. The molecule has 0 aliphatic carbocycles. The van der Waals surface area contributed by atoms with Gasteiger partial charge in [-0.1, -0.05) is 0 Å². The molecule has 0 bridgehead atoms. The first-order chi connectivity index (χ1) is 5.75. The van der Waals surface area contributed by atoms with Gasteiger partial charge in [-0.05, 0) is 38.4 Å². The van der Waals surface area contributed by atoms with Crippen molar-refractivity contribution in [2.75, 3.05) is 19.6 Å². The highest BCUT2D eigenvalue weighted by atomic mass is 16.4. The smallest absolute Gasteiger partial charge is 0.306 e. The van der Waals surface area contributed by atoms with Gasteiger partial charge in [-0.3, -0.25) is 4.79 Å². The Kier molecular flexibility index (Phi) is 3.49. The van der Waals surface area contributed by atoms with Gasteiger partial charge in [0.25, 0.3) is 0 Å². The normalized spacial score (nSPS) is 31.1. The molecule has 0 unspecified atom stereocenters. The van der Waals surface area contributed by atoms with E-state index in [2.05, 4.69) is 5.32 Å². The van der Waals surface area contributed by atoms with Gasteiger partial charge < -0.3 is 16.2 Å². The van der Waals surface area contributed by atoms with Crippen molar-refractivity contribution in [3.8, 4) is 0 Å². The Morgan fingerprint density at radius 1 is 1.50 bits per heavy atom. The number of carboxylic acid groups (broad SMARTS) is 1. The van der Waals surface area contributed by atoms with Crippen LogP contribution in [0.25, 0.3) is 0 Å². The molecule has 4 heteroatoms. The lowest BCUT2D eigenvalue weighted by Gasteiger charge is -2.18. The third-order valence-electron chi connectivity index (χ3n) is 2.51. The largest absolute Gasteiger partial charge is 0.481 e. The van der Waals surface area contributed by atoms with Crippen LogP contribution >= 0.6 is 0 Å². The molecule has 1 aliphatic rings. The molecule has 4 N–H and O–H groups in total. The van der Waals surface area contributed by atoms with E-state index in [4.69, 9.17) is 10.8 Å². The van der Waals surface area contributed by atoms with E-state index in [1.54, 1.807) is 0 Å². The maximum Gasteiger partial charge on any atom is 0.306 e. The third-order valence-corrected chi connectivity index (χ3v) is 2.51. The fourth-order valence-electron chi connectivity index (χ4n) is 1.71. The number of nitrogens with one attached hydrogen (secondary N) is 1. The zero-order chi connectivity index (χ0) is 8.97. The summed E-state index contributed by atoms with van der Waals surface area (Å²) in [6, 6.07) is 0. The molecule has 0 amide bonds. The molecule has 0 radical (unpaired) electrons. The Morgan fingerprint density at radius 3 is 2.75 bits per heavy atom. The Labute approximate surface area is 72.1 Å². The lowest BCUT2D eigenvalue weighted by molar-refractivity contribution is -0.143. The number of carboxylic acids is 1. The molecule has 1 aliphatic heterocycles. The van der Waals surface area contributed by atoms with Gasteiger partial charge in [0.05, 0.1) is 5.92 Å². The van der Waals surface area contributed by atoms with Gasteiger partial charge in [0.15, 0.2) is 0 Å². The predicted octanol–water partition coefficient (Wildman–Crippen LogP) is -0.355. The first-order valence-corrected chi connectivity index (χ1v) is 4.39. The fourth-order valence-corrected chi connectivity index (χ4v) is 1.71. The summed E-state index contributed by atoms with van der Waals surface area (Å²) in [6.07, 6.45) is 1.59. The summed E-state index contributed by atoms with van der Waals surface area (Å²) in [5, 5.41) is 12.1. The number of rotatable bonds is 2. The van der Waals surface area contributed by atoms with E-state index in [1.165, 1.54) is 0 Å². The zero-order valence-electron chi connectivity index (χ0n) is 7.12. The zero-order valence-corrected chi connectivity index (χ0v) is 7.12. The van der Waals surface area contributed by atoms with Crippen molar-refractivity contribution >= 4 is 5.97 Å². The summed E-state index contributed by atoms with van der Waals surface area (Å²) < 4.78 is 0. The highest BCUT2D eigenvalue weighted by Crippen LogP contribution is 2.20. The molecule has 2 atom stereocenters. The summed E-state index contributed by atoms with van der Waals surface area (Å²) in [4.78, 5) is 10.8. The van der Waals surface area contributed by atoms with E-state index in [0.717, 1.165) is 19.5 Å². The summed E-state index contributed by atoms with van der Waals surface area (Å²) in [7, 11) is 0. The summed E-state index contributed by atoms with van der Waals surface area (Å²) in [5.41, 5.74) is 5.51. The van der Waals surface area contributed by atoms with Crippen LogP contribution in [0.1, 0.15) is 12.8 Å². The van der Waals surface area contributed by atoms with Crippen LogP contribution in [0.5, 0.6) is 0 Å². The van der Waals surface area contributed by atoms with Crippen LogP contribution in [0.2, 0.25) is 0 Å². The molecule has 0 aromatic carbocycles. The highest BCUT2D eigenvalue weighted by molar-refractivity contribution is 5.70. The Morgan fingerprint density at radius 2 is 2.17 bits per heavy atom. The van der Waals surface area contributed by atoms with Crippen molar-refractivity contribution in [3.05, 3.63) is 0 Å². The summed E-state index contributed by atoms with van der Waals surface area (Å²) in [5.74, 6) is -0.795. The number of hydrogen-bond acceptors (Lipinski definition) is 3. The summed E-state index contributed by atoms with van der Waals surface area (Å²) in [6.45, 7) is 2.18. The molecule has 1 heterocycles. The maximum atomic E-state index is 10.8. The van der Waals surface area contributed by atoms with E-state index >= 15 is 0 Å². The standard InChI is InChI=1S/C8H16N2O2/c9-5-6-1-3-10-4-2-7(6)8(11)12/h6-7,10H,1-5,9H2,(H,11,12)/t6-,7+/m0/s1. The van der Waals surface area contributed by atoms with Crippen molar-refractivity contribution in [3.63, 3.8) is 0 Å². The van der Waals surface area contributed by atoms with Crippen LogP contribution in [0.4, 0.5) is 0 Å². The van der Waals surface area contributed by atoms with E-state index in [9.17, 15) is 4.79 Å². The molecule has 1 saturated heterocycles. The van der Waals surface area contributed by atoms with Crippen LogP contribution in [0, 0.1) is 11.8 Å². The van der Waals surface area contributed by atoms with E-state index < -0.39 is 5.97 Å². The van der Waals surface area contributed by atoms with E-state index in [0.29, 0.717) is 13.0 Å². The monoisotopic (exact) mass is 172 g/mol. The van der Waals surface area contributed by atoms with Crippen LogP contribution in [-0.2, 0) is 4.79 Å². The van der Waals surface area contributed by atoms with Gasteiger partial charge in [0, 0.05) is 0 Å². The molecule has 0 aromatic rings. The Bertz CT molecular complexity index is 161. The molecule has 0 spiro atoms. The van der Waals surface area contributed by atoms with Crippen LogP contribution in [0.15, 0.2) is 0 Å². The topological polar surface area (TPSA) is 75.3 Å². The second kappa shape index (κ2) is 4.42. The van der Waals surface area contributed by atoms with Crippen molar-refractivity contribution in [2.24, 2.45) is 17.6 Å². The fraction of sp³-hybridized carbons (Fsp3) is 0.875. The maximum absolute atomic E-state index is 10.8. The molecule has 1 fully saturated rings. The lowest BCUT2D eigenvalue weighted by atomic mass is 9.88. The molecule has 0 aromatic heterocycles. The predicted molar refractivity (Wildman–Crippen MR) is 45.8 cm³/mol. The average molecular weight is 172 g/mol. The molecule has 1 rings (SSSR count). The van der Waals surface area contributed by atoms with Crippen molar-refractivity contribution < 1.29 is 9.90 Å². The van der Waals surface area contributed by atoms with Crippen molar-refractivity contribution in [2.45, 2.75) is 12.8 Å². The van der Waals surface area contributed by atoms with E-state index in [-0.39, 0.29) is 11.8 Å². The van der Waals surface area contributed by atoms with Gasteiger partial charge in [0.2, 0.25) is 0 Å². The van der Waals surface area contributed by atoms with Crippen LogP contribution < -0.4 is 11.1 Å². The number of carbonyl (C=O) groups is 1. The lowest BCUT2D eigenvalue weighted by Crippen LogP contribution is -2.29. The number of hydrogen-bond donors (Lipinski definition) is 3. The van der Waals surface area contributed by atoms with E-state index in [1.807, 2.05) is 0 Å². The molecule has 0 saturated carbocycles. The van der Waals surface area contributed by atoms with Gasteiger partial charge in [0.1, 0.15) is 0 Å². The highest BCUT2D eigenvalue weighted by Gasteiger charge is 2.27. The summed E-state index contributed by atoms with van der Waals surface area (Å²) >= 11 is 0. The average Bonchev–Trinajstić information content (AvgIpc) is 2.27. The SMILES string of the molecule is NC[C@@H]1CCNCC[C@H]1C(=O)O. The van der Waals surface area contributed by atoms with Crippen LogP contribution in [0.3, 0.4) is 0 Å². The molecular weight excluding hydrogens is 156 g/mol. The third kappa shape index (κ3) is 2.19. The van der Waals surface area contributed by atoms with Gasteiger partial charge in [-0.2, -0.15) is 0 Å². The van der Waals surface area contributed by atoms with Gasteiger partial charge in [-0.25, -0.2) is 0 Å². The minimum absolute atomic E-state index is 0.150. The molecule has 70 valence electrons. The van der Waals surface area contributed by atoms with Crippen LogP contribution in [-0.4, -0.2) is 30.7 Å². The number of aliphatic carboxylic acids is 1. The molecular formula is C8H16N2O2. The first kappa shape index (κ1) is 9.48. The Balaban J connectivity index is 2.57. The van der Waals surface area contributed by atoms with Gasteiger partial charge in [-0.15, -0.1) is 0 Å². The quantitative estimate of drug-likeness (QED) is 0.532.